The van der Waals surface area contributed by atoms with Crippen LogP contribution in [0.2, 0.25) is 0 Å². The first kappa shape index (κ1) is 13.6. The van der Waals surface area contributed by atoms with E-state index in [1.54, 1.807) is 11.3 Å². The molecule has 1 saturated heterocycles. The smallest absolute Gasteiger partial charge is 0.234 e. The molecule has 1 aliphatic rings. The highest BCUT2D eigenvalue weighted by Crippen LogP contribution is 2.40. The molecule has 1 aliphatic heterocycles. The highest BCUT2D eigenvalue weighted by atomic mass is 32.2. The Hall–Kier alpha value is -1.40. The van der Waals surface area contributed by atoms with Crippen LogP contribution in [0.15, 0.2) is 35.0 Å². The van der Waals surface area contributed by atoms with Gasteiger partial charge in [-0.25, -0.2) is 8.78 Å². The molecule has 1 fully saturated rings. The van der Waals surface area contributed by atoms with Crippen molar-refractivity contribution in [1.82, 2.24) is 4.90 Å². The lowest BCUT2D eigenvalue weighted by Gasteiger charge is -2.23. The van der Waals surface area contributed by atoms with Gasteiger partial charge >= 0.3 is 0 Å². The van der Waals surface area contributed by atoms with Crippen molar-refractivity contribution in [2.45, 2.75) is 11.9 Å². The van der Waals surface area contributed by atoms with Gasteiger partial charge in [0.05, 0.1) is 12.3 Å². The van der Waals surface area contributed by atoms with Crippen LogP contribution in [0.25, 0.3) is 0 Å². The van der Waals surface area contributed by atoms with Gasteiger partial charge in [-0.05, 0) is 34.5 Å². The summed E-state index contributed by atoms with van der Waals surface area (Å²) >= 11 is 3.03. The van der Waals surface area contributed by atoms with Crippen LogP contribution in [-0.2, 0) is 11.3 Å². The molecule has 1 unspecified atom stereocenters. The molecule has 1 atom stereocenters. The van der Waals surface area contributed by atoms with Gasteiger partial charge in [0.15, 0.2) is 0 Å². The number of hydrogen-bond acceptors (Lipinski definition) is 3. The van der Waals surface area contributed by atoms with Crippen molar-refractivity contribution in [3.05, 3.63) is 57.8 Å². The monoisotopic (exact) mass is 311 g/mol. The molecule has 6 heteroatoms. The van der Waals surface area contributed by atoms with Crippen molar-refractivity contribution in [3.8, 4) is 0 Å². The average molecular weight is 311 g/mol. The van der Waals surface area contributed by atoms with Gasteiger partial charge in [0.2, 0.25) is 5.91 Å². The molecule has 0 saturated carbocycles. The predicted octanol–water partition coefficient (Wildman–Crippen LogP) is 3.80. The third kappa shape index (κ3) is 2.45. The molecule has 3 rings (SSSR count). The van der Waals surface area contributed by atoms with Gasteiger partial charge in [-0.1, -0.05) is 6.07 Å². The Kier molecular flexibility index (Phi) is 3.76. The highest BCUT2D eigenvalue weighted by molar-refractivity contribution is 8.00. The van der Waals surface area contributed by atoms with Gasteiger partial charge in [-0.2, -0.15) is 11.3 Å². The van der Waals surface area contributed by atoms with E-state index in [0.717, 1.165) is 5.56 Å². The zero-order chi connectivity index (χ0) is 14.1. The first-order valence-corrected chi connectivity index (χ1v) is 8.02. The van der Waals surface area contributed by atoms with Crippen LogP contribution in [0.1, 0.15) is 16.5 Å². The first-order chi connectivity index (χ1) is 9.66. The molecule has 2 nitrogen and oxygen atoms in total. The standard InChI is InChI=1S/C14H11F2NOS2/c15-11-2-1-3-12(16)10(11)6-17-13(18)8-20-14(17)9-4-5-19-7-9/h1-5,7,14H,6,8H2. The Morgan fingerprint density at radius 2 is 2.00 bits per heavy atom. The van der Waals surface area contributed by atoms with Gasteiger partial charge in [-0.3, -0.25) is 4.79 Å². The maximum Gasteiger partial charge on any atom is 0.234 e. The van der Waals surface area contributed by atoms with E-state index >= 15 is 0 Å². The molecule has 20 heavy (non-hydrogen) atoms. The summed E-state index contributed by atoms with van der Waals surface area (Å²) in [4.78, 5) is 13.5. The van der Waals surface area contributed by atoms with E-state index in [0.29, 0.717) is 5.75 Å². The third-order valence-electron chi connectivity index (χ3n) is 3.19. The van der Waals surface area contributed by atoms with E-state index in [-0.39, 0.29) is 23.4 Å². The number of nitrogens with zero attached hydrogens (tertiary/aromatic N) is 1. The zero-order valence-corrected chi connectivity index (χ0v) is 12.0. The first-order valence-electron chi connectivity index (χ1n) is 6.03. The topological polar surface area (TPSA) is 20.3 Å². The molecule has 2 heterocycles. The van der Waals surface area contributed by atoms with E-state index in [2.05, 4.69) is 0 Å². The van der Waals surface area contributed by atoms with Crippen LogP contribution in [0.3, 0.4) is 0 Å². The lowest BCUT2D eigenvalue weighted by Crippen LogP contribution is -2.28. The number of amides is 1. The molecule has 0 bridgehead atoms. The summed E-state index contributed by atoms with van der Waals surface area (Å²) in [5.74, 6) is -0.970. The molecule has 0 spiro atoms. The summed E-state index contributed by atoms with van der Waals surface area (Å²) in [5, 5.41) is 3.73. The second-order valence-corrected chi connectivity index (χ2v) is 6.29. The van der Waals surface area contributed by atoms with E-state index in [1.165, 1.54) is 34.9 Å². The summed E-state index contributed by atoms with van der Waals surface area (Å²) in [5.41, 5.74) is 0.950. The summed E-state index contributed by atoms with van der Waals surface area (Å²) in [6.07, 6.45) is 0. The minimum absolute atomic E-state index is 0.0369. The fraction of sp³-hybridized carbons (Fsp3) is 0.214. The number of rotatable bonds is 3. The molecule has 1 aromatic carbocycles. The molecule has 0 N–H and O–H groups in total. The van der Waals surface area contributed by atoms with E-state index in [1.807, 2.05) is 16.8 Å². The van der Waals surface area contributed by atoms with Crippen LogP contribution in [0.5, 0.6) is 0 Å². The molecule has 0 radical (unpaired) electrons. The molecule has 2 aromatic rings. The summed E-state index contributed by atoms with van der Waals surface area (Å²) in [7, 11) is 0. The molecule has 1 aromatic heterocycles. The summed E-state index contributed by atoms with van der Waals surface area (Å²) < 4.78 is 27.4. The lowest BCUT2D eigenvalue weighted by atomic mass is 10.1. The van der Waals surface area contributed by atoms with Crippen molar-refractivity contribution in [3.63, 3.8) is 0 Å². The second kappa shape index (κ2) is 5.54. The minimum atomic E-state index is -0.612. The van der Waals surface area contributed by atoms with Crippen LogP contribution in [0.4, 0.5) is 8.78 Å². The van der Waals surface area contributed by atoms with Crippen molar-refractivity contribution in [2.24, 2.45) is 0 Å². The molecule has 0 aliphatic carbocycles. The van der Waals surface area contributed by atoms with Crippen LogP contribution in [0, 0.1) is 11.6 Å². The zero-order valence-electron chi connectivity index (χ0n) is 10.4. The Morgan fingerprint density at radius 3 is 2.65 bits per heavy atom. The van der Waals surface area contributed by atoms with Crippen molar-refractivity contribution in [1.29, 1.82) is 0 Å². The lowest BCUT2D eigenvalue weighted by molar-refractivity contribution is -0.128. The van der Waals surface area contributed by atoms with Crippen LogP contribution in [-0.4, -0.2) is 16.6 Å². The Labute approximate surface area is 123 Å². The number of thioether (sulfide) groups is 1. The van der Waals surface area contributed by atoms with Crippen LogP contribution < -0.4 is 0 Å². The normalized spacial score (nSPS) is 18.8. The van der Waals surface area contributed by atoms with Gasteiger partial charge in [0.25, 0.3) is 0 Å². The number of carbonyl (C=O) groups is 1. The highest BCUT2D eigenvalue weighted by Gasteiger charge is 2.34. The van der Waals surface area contributed by atoms with Gasteiger partial charge in [0.1, 0.15) is 17.0 Å². The van der Waals surface area contributed by atoms with Crippen molar-refractivity contribution < 1.29 is 13.6 Å². The van der Waals surface area contributed by atoms with Crippen molar-refractivity contribution in [2.75, 3.05) is 5.75 Å². The van der Waals surface area contributed by atoms with Gasteiger partial charge in [-0.15, -0.1) is 11.8 Å². The Balaban J connectivity index is 1.90. The maximum absolute atomic E-state index is 13.7. The quantitative estimate of drug-likeness (QED) is 0.859. The fourth-order valence-electron chi connectivity index (χ4n) is 2.17. The molecule has 1 amide bonds. The average Bonchev–Trinajstić information content (AvgIpc) is 3.04. The minimum Gasteiger partial charge on any atom is -0.321 e. The van der Waals surface area contributed by atoms with E-state index < -0.39 is 11.6 Å². The molecular weight excluding hydrogens is 300 g/mol. The Morgan fingerprint density at radius 1 is 1.25 bits per heavy atom. The number of benzene rings is 1. The largest absolute Gasteiger partial charge is 0.321 e. The third-order valence-corrected chi connectivity index (χ3v) is 5.14. The summed E-state index contributed by atoms with van der Waals surface area (Å²) in [6, 6.07) is 5.69. The number of carbonyl (C=O) groups excluding carboxylic acids is 1. The van der Waals surface area contributed by atoms with E-state index in [4.69, 9.17) is 0 Å². The molecule has 104 valence electrons. The number of thiophene rings is 1. The maximum atomic E-state index is 13.7. The van der Waals surface area contributed by atoms with Crippen LogP contribution >= 0.6 is 23.1 Å². The second-order valence-electron chi connectivity index (χ2n) is 4.44. The van der Waals surface area contributed by atoms with Crippen molar-refractivity contribution >= 4 is 29.0 Å². The van der Waals surface area contributed by atoms with Gasteiger partial charge < -0.3 is 4.90 Å². The summed E-state index contributed by atoms with van der Waals surface area (Å²) in [6.45, 7) is -0.0369. The SMILES string of the molecule is O=C1CSC(c2ccsc2)N1Cc1c(F)cccc1F. The van der Waals surface area contributed by atoms with E-state index in [9.17, 15) is 13.6 Å². The Bertz CT molecular complexity index is 610. The number of hydrogen-bond donors (Lipinski definition) is 0. The fourth-order valence-corrected chi connectivity index (χ4v) is 4.11. The number of halogens is 2. The predicted molar refractivity (Wildman–Crippen MR) is 76.4 cm³/mol. The van der Waals surface area contributed by atoms with Gasteiger partial charge in [0, 0.05) is 5.56 Å². The molecular formula is C14H11F2NOS2.